The molecule has 3 aromatic rings. The van der Waals surface area contributed by atoms with Crippen LogP contribution >= 0.6 is 0 Å². The van der Waals surface area contributed by atoms with Gasteiger partial charge in [-0.3, -0.25) is 4.98 Å². The fraction of sp³-hybridized carbons (Fsp3) is 0.200. The fourth-order valence-electron chi connectivity index (χ4n) is 2.32. The first-order valence-corrected chi connectivity index (χ1v) is 7.44. The van der Waals surface area contributed by atoms with E-state index < -0.39 is 0 Å². The van der Waals surface area contributed by atoms with Crippen LogP contribution in [0.15, 0.2) is 60.9 Å². The van der Waals surface area contributed by atoms with Crippen molar-refractivity contribution in [1.29, 1.82) is 0 Å². The third-order valence-corrected chi connectivity index (χ3v) is 3.68. The summed E-state index contributed by atoms with van der Waals surface area (Å²) in [5.41, 5.74) is 5.39. The van der Waals surface area contributed by atoms with Crippen LogP contribution in [0.2, 0.25) is 0 Å². The Morgan fingerprint density at radius 2 is 1.65 bits per heavy atom. The topological polar surface area (TPSA) is 25.8 Å². The maximum Gasteiger partial charge on any atom is 0.0291 e. The van der Waals surface area contributed by atoms with Gasteiger partial charge in [-0.2, -0.15) is 0 Å². The van der Waals surface area contributed by atoms with Crippen LogP contribution < -0.4 is 0 Å². The van der Waals surface area contributed by atoms with Crippen LogP contribution in [0.1, 0.15) is 26.3 Å². The second-order valence-electron chi connectivity index (χ2n) is 6.39. The van der Waals surface area contributed by atoms with Crippen molar-refractivity contribution in [3.63, 3.8) is 0 Å². The minimum absolute atomic E-state index is 0. The van der Waals surface area contributed by atoms with E-state index in [-0.39, 0.29) is 25.5 Å². The molecule has 0 bridgehead atoms. The Bertz CT molecular complexity index is 760. The molecule has 1 radical (unpaired) electrons. The molecule has 0 saturated carbocycles. The van der Waals surface area contributed by atoms with Gasteiger partial charge in [-0.15, -0.1) is 29.8 Å². The molecule has 0 saturated heterocycles. The molecule has 2 aromatic heterocycles. The number of nitrogens with zero attached hydrogens (tertiary/aromatic N) is 2. The molecule has 3 heteroatoms. The van der Waals surface area contributed by atoms with Gasteiger partial charge in [0.25, 0.3) is 0 Å². The predicted molar refractivity (Wildman–Crippen MR) is 90.4 cm³/mol. The SMILES string of the molecule is CC(C)(C)c1ccnc(-c2c[c-]c(-c3ccccn3)cc2)c1.[Ir]. The average Bonchev–Trinajstić information content (AvgIpc) is 2.55. The van der Waals surface area contributed by atoms with Crippen molar-refractivity contribution in [2.24, 2.45) is 0 Å². The molecule has 0 N–H and O–H groups in total. The third kappa shape index (κ3) is 4.13. The standard InChI is InChI=1S/C20H19N2.Ir/c1-20(2,3)17-11-13-22-19(14-17)16-9-7-15(8-10-16)18-6-4-5-12-21-18;/h4-7,9-14H,1-3H3;/q-1;. The largest absolute Gasteiger partial charge is 0.305 e. The minimum atomic E-state index is 0. The van der Waals surface area contributed by atoms with Gasteiger partial charge in [0, 0.05) is 38.2 Å². The maximum absolute atomic E-state index is 4.49. The van der Waals surface area contributed by atoms with Gasteiger partial charge in [-0.05, 0) is 34.9 Å². The Kier molecular flexibility index (Phi) is 5.46. The van der Waals surface area contributed by atoms with Crippen LogP contribution in [0.5, 0.6) is 0 Å². The van der Waals surface area contributed by atoms with Gasteiger partial charge < -0.3 is 4.98 Å². The van der Waals surface area contributed by atoms with Gasteiger partial charge >= 0.3 is 0 Å². The normalized spacial score (nSPS) is 10.9. The molecule has 0 amide bonds. The molecule has 0 atom stereocenters. The van der Waals surface area contributed by atoms with E-state index in [1.807, 2.05) is 36.5 Å². The summed E-state index contributed by atoms with van der Waals surface area (Å²) >= 11 is 0. The maximum atomic E-state index is 4.49. The van der Waals surface area contributed by atoms with E-state index >= 15 is 0 Å². The van der Waals surface area contributed by atoms with E-state index in [1.54, 1.807) is 6.20 Å². The summed E-state index contributed by atoms with van der Waals surface area (Å²) in [5.74, 6) is 0. The molecule has 23 heavy (non-hydrogen) atoms. The fourth-order valence-corrected chi connectivity index (χ4v) is 2.32. The Morgan fingerprint density at radius 1 is 0.870 bits per heavy atom. The third-order valence-electron chi connectivity index (χ3n) is 3.68. The second kappa shape index (κ2) is 7.16. The average molecular weight is 480 g/mol. The number of hydrogen-bond donors (Lipinski definition) is 0. The van der Waals surface area contributed by atoms with Crippen LogP contribution in [0.25, 0.3) is 22.5 Å². The van der Waals surface area contributed by atoms with Crippen molar-refractivity contribution in [3.8, 4) is 22.5 Å². The van der Waals surface area contributed by atoms with E-state index in [9.17, 15) is 0 Å². The molecular formula is C20H19IrN2-. The first-order valence-electron chi connectivity index (χ1n) is 7.44. The Hall–Kier alpha value is -1.83. The Balaban J connectivity index is 0.00000192. The first kappa shape index (κ1) is 17.5. The second-order valence-corrected chi connectivity index (χ2v) is 6.39. The number of pyridine rings is 2. The van der Waals surface area contributed by atoms with Crippen molar-refractivity contribution >= 4 is 0 Å². The molecule has 0 fully saturated rings. The molecule has 0 unspecified atom stereocenters. The quantitative estimate of drug-likeness (QED) is 0.489. The monoisotopic (exact) mass is 480 g/mol. The van der Waals surface area contributed by atoms with Crippen LogP contribution in [0, 0.1) is 6.07 Å². The van der Waals surface area contributed by atoms with Gasteiger partial charge in [-0.25, -0.2) is 0 Å². The van der Waals surface area contributed by atoms with Crippen LogP contribution in [0.4, 0.5) is 0 Å². The summed E-state index contributed by atoms with van der Waals surface area (Å²) in [7, 11) is 0. The van der Waals surface area contributed by atoms with Crippen molar-refractivity contribution in [3.05, 3.63) is 72.6 Å². The molecule has 2 nitrogen and oxygen atoms in total. The van der Waals surface area contributed by atoms with Gasteiger partial charge in [0.1, 0.15) is 0 Å². The van der Waals surface area contributed by atoms with Crippen molar-refractivity contribution < 1.29 is 20.1 Å². The molecule has 0 aliphatic rings. The number of rotatable bonds is 2. The summed E-state index contributed by atoms with van der Waals surface area (Å²) < 4.78 is 0. The predicted octanol–water partition coefficient (Wildman–Crippen LogP) is 4.91. The molecule has 119 valence electrons. The minimum Gasteiger partial charge on any atom is -0.305 e. The summed E-state index contributed by atoms with van der Waals surface area (Å²) in [4.78, 5) is 8.84. The molecular weight excluding hydrogens is 460 g/mol. The first-order chi connectivity index (χ1) is 10.5. The van der Waals surface area contributed by atoms with Crippen LogP contribution in [-0.4, -0.2) is 9.97 Å². The van der Waals surface area contributed by atoms with Gasteiger partial charge in [-0.1, -0.05) is 38.5 Å². The molecule has 0 aliphatic heterocycles. The Morgan fingerprint density at radius 3 is 2.26 bits per heavy atom. The summed E-state index contributed by atoms with van der Waals surface area (Å²) in [6.07, 6.45) is 3.67. The molecule has 1 aromatic carbocycles. The smallest absolute Gasteiger partial charge is 0.0291 e. The zero-order valence-corrected chi connectivity index (χ0v) is 15.9. The Labute approximate surface area is 151 Å². The van der Waals surface area contributed by atoms with Gasteiger partial charge in [0.05, 0.1) is 0 Å². The number of hydrogen-bond acceptors (Lipinski definition) is 2. The molecule has 3 rings (SSSR count). The van der Waals surface area contributed by atoms with E-state index in [2.05, 4.69) is 55.0 Å². The van der Waals surface area contributed by atoms with Gasteiger partial charge in [0.2, 0.25) is 0 Å². The van der Waals surface area contributed by atoms with Crippen molar-refractivity contribution in [2.75, 3.05) is 0 Å². The zero-order valence-electron chi connectivity index (χ0n) is 13.5. The number of benzene rings is 1. The van der Waals surface area contributed by atoms with Crippen LogP contribution in [-0.2, 0) is 25.5 Å². The van der Waals surface area contributed by atoms with E-state index in [0.717, 1.165) is 22.5 Å². The summed E-state index contributed by atoms with van der Waals surface area (Å²) in [5, 5.41) is 0. The van der Waals surface area contributed by atoms with Crippen molar-refractivity contribution in [1.82, 2.24) is 9.97 Å². The van der Waals surface area contributed by atoms with Gasteiger partial charge in [0.15, 0.2) is 0 Å². The van der Waals surface area contributed by atoms with E-state index in [4.69, 9.17) is 0 Å². The van der Waals surface area contributed by atoms with Crippen molar-refractivity contribution in [2.45, 2.75) is 26.2 Å². The van der Waals surface area contributed by atoms with E-state index in [0.29, 0.717) is 0 Å². The zero-order chi connectivity index (χ0) is 15.6. The van der Waals surface area contributed by atoms with E-state index in [1.165, 1.54) is 5.56 Å². The summed E-state index contributed by atoms with van der Waals surface area (Å²) in [6.45, 7) is 6.63. The summed E-state index contributed by atoms with van der Waals surface area (Å²) in [6, 6.07) is 19.5. The molecule has 2 heterocycles. The molecule has 0 aliphatic carbocycles. The number of aromatic nitrogens is 2. The molecule has 0 spiro atoms. The van der Waals surface area contributed by atoms with Crippen LogP contribution in [0.3, 0.4) is 0 Å².